The SMILES string of the molecule is COc1ccc(Cc2nn(CN(CC(C)C)C3CCS(=O)(=O)C3)c(=S)o2)cc1. The third-order valence-electron chi connectivity index (χ3n) is 4.80. The van der Waals surface area contributed by atoms with Crippen LogP contribution in [-0.4, -0.2) is 54.3 Å². The van der Waals surface area contributed by atoms with E-state index in [4.69, 9.17) is 21.4 Å². The molecule has 28 heavy (non-hydrogen) atoms. The number of hydrogen-bond donors (Lipinski definition) is 0. The molecule has 0 aliphatic carbocycles. The lowest BCUT2D eigenvalue weighted by Crippen LogP contribution is -2.40. The van der Waals surface area contributed by atoms with Gasteiger partial charge in [-0.25, -0.2) is 13.1 Å². The molecule has 0 saturated carbocycles. The monoisotopic (exact) mass is 425 g/mol. The van der Waals surface area contributed by atoms with Crippen LogP contribution in [0, 0.1) is 10.8 Å². The number of aromatic nitrogens is 2. The standard InChI is InChI=1S/C19H27N3O4S2/c1-14(2)11-21(16-8-9-28(23,24)12-16)13-22-19(27)26-18(20-22)10-15-4-6-17(25-3)7-5-15/h4-7,14,16H,8-13H2,1-3H3. The summed E-state index contributed by atoms with van der Waals surface area (Å²) >= 11 is 5.35. The van der Waals surface area contributed by atoms with Crippen molar-refractivity contribution in [1.29, 1.82) is 0 Å². The van der Waals surface area contributed by atoms with Crippen LogP contribution in [0.3, 0.4) is 0 Å². The van der Waals surface area contributed by atoms with Gasteiger partial charge >= 0.3 is 0 Å². The molecule has 2 aromatic rings. The zero-order valence-corrected chi connectivity index (χ0v) is 18.1. The summed E-state index contributed by atoms with van der Waals surface area (Å²) in [4.78, 5) is 2.46. The van der Waals surface area contributed by atoms with Crippen LogP contribution in [0.4, 0.5) is 0 Å². The Hall–Kier alpha value is -1.71. The first-order chi connectivity index (χ1) is 13.3. The van der Waals surface area contributed by atoms with Gasteiger partial charge in [-0.1, -0.05) is 26.0 Å². The first kappa shape index (κ1) is 21.0. The summed E-state index contributed by atoms with van der Waals surface area (Å²) in [6, 6.07) is 7.71. The molecule has 1 saturated heterocycles. The van der Waals surface area contributed by atoms with Gasteiger partial charge in [0.25, 0.3) is 4.84 Å². The molecule has 1 aromatic heterocycles. The molecule has 1 unspecified atom stereocenters. The van der Waals surface area contributed by atoms with Crippen LogP contribution in [0.5, 0.6) is 5.75 Å². The number of nitrogens with zero attached hydrogens (tertiary/aromatic N) is 3. The highest BCUT2D eigenvalue weighted by molar-refractivity contribution is 7.91. The van der Waals surface area contributed by atoms with E-state index in [1.54, 1.807) is 11.8 Å². The fourth-order valence-electron chi connectivity index (χ4n) is 3.45. The molecule has 0 spiro atoms. The van der Waals surface area contributed by atoms with Crippen molar-refractivity contribution in [2.75, 3.05) is 25.2 Å². The normalized spacial score (nSPS) is 18.8. The van der Waals surface area contributed by atoms with Crippen LogP contribution >= 0.6 is 12.2 Å². The molecule has 1 aromatic carbocycles. The van der Waals surface area contributed by atoms with Crippen molar-refractivity contribution in [3.63, 3.8) is 0 Å². The molecule has 0 bridgehead atoms. The van der Waals surface area contributed by atoms with Crippen LogP contribution in [0.15, 0.2) is 28.7 Å². The van der Waals surface area contributed by atoms with Gasteiger partial charge in [-0.3, -0.25) is 4.90 Å². The van der Waals surface area contributed by atoms with E-state index in [1.165, 1.54) is 0 Å². The minimum atomic E-state index is -2.95. The molecule has 3 rings (SSSR count). The number of methoxy groups -OCH3 is 1. The number of benzene rings is 1. The molecule has 0 N–H and O–H groups in total. The molecule has 2 heterocycles. The second-order valence-corrected chi connectivity index (χ2v) is 10.2. The van der Waals surface area contributed by atoms with Crippen molar-refractivity contribution in [3.05, 3.63) is 40.6 Å². The van der Waals surface area contributed by atoms with Crippen molar-refractivity contribution in [1.82, 2.24) is 14.7 Å². The minimum absolute atomic E-state index is 0.00367. The Kier molecular flexibility index (Phi) is 6.57. The Labute approximate surface area is 171 Å². The zero-order chi connectivity index (χ0) is 20.3. The van der Waals surface area contributed by atoms with Crippen LogP contribution in [0.25, 0.3) is 0 Å². The van der Waals surface area contributed by atoms with Gasteiger partial charge in [0, 0.05) is 12.6 Å². The second-order valence-electron chi connectivity index (χ2n) is 7.65. The molecular formula is C19H27N3O4S2. The Morgan fingerprint density at radius 3 is 2.64 bits per heavy atom. The topological polar surface area (TPSA) is 77.6 Å². The van der Waals surface area contributed by atoms with E-state index in [-0.39, 0.29) is 17.5 Å². The molecular weight excluding hydrogens is 398 g/mol. The number of hydrogen-bond acceptors (Lipinski definition) is 7. The minimum Gasteiger partial charge on any atom is -0.497 e. The largest absolute Gasteiger partial charge is 0.497 e. The summed E-state index contributed by atoms with van der Waals surface area (Å²) in [6.07, 6.45) is 1.18. The van der Waals surface area contributed by atoms with E-state index >= 15 is 0 Å². The third-order valence-corrected chi connectivity index (χ3v) is 6.85. The van der Waals surface area contributed by atoms with Gasteiger partial charge in [0.1, 0.15) is 5.75 Å². The molecule has 0 amide bonds. The Morgan fingerprint density at radius 2 is 2.07 bits per heavy atom. The van der Waals surface area contributed by atoms with Crippen LogP contribution in [0.2, 0.25) is 0 Å². The van der Waals surface area contributed by atoms with Crippen molar-refractivity contribution < 1.29 is 17.6 Å². The maximum Gasteiger partial charge on any atom is 0.288 e. The van der Waals surface area contributed by atoms with E-state index in [0.29, 0.717) is 36.2 Å². The summed E-state index contributed by atoms with van der Waals surface area (Å²) in [5.41, 5.74) is 1.05. The predicted octanol–water partition coefficient (Wildman–Crippen LogP) is 2.91. The maximum atomic E-state index is 11.9. The molecule has 1 aliphatic rings. The summed E-state index contributed by atoms with van der Waals surface area (Å²) in [5, 5.41) is 4.53. The van der Waals surface area contributed by atoms with Crippen molar-refractivity contribution in [2.45, 2.75) is 39.4 Å². The number of ether oxygens (including phenoxy) is 1. The molecule has 1 fully saturated rings. The number of rotatable bonds is 8. The van der Waals surface area contributed by atoms with E-state index in [1.807, 2.05) is 24.3 Å². The van der Waals surface area contributed by atoms with Gasteiger partial charge in [0.05, 0.1) is 31.7 Å². The van der Waals surface area contributed by atoms with Crippen LogP contribution < -0.4 is 4.74 Å². The van der Waals surface area contributed by atoms with E-state index < -0.39 is 9.84 Å². The summed E-state index contributed by atoms with van der Waals surface area (Å²) < 4.78 is 36.3. The van der Waals surface area contributed by atoms with E-state index in [9.17, 15) is 8.42 Å². The second kappa shape index (κ2) is 8.75. The van der Waals surface area contributed by atoms with Crippen molar-refractivity contribution in [2.24, 2.45) is 5.92 Å². The first-order valence-electron chi connectivity index (χ1n) is 9.40. The average Bonchev–Trinajstić information content (AvgIpc) is 3.16. The predicted molar refractivity (Wildman–Crippen MR) is 110 cm³/mol. The smallest absolute Gasteiger partial charge is 0.288 e. The fourth-order valence-corrected chi connectivity index (χ4v) is 5.41. The number of sulfone groups is 1. The van der Waals surface area contributed by atoms with Crippen LogP contribution in [0.1, 0.15) is 31.7 Å². The van der Waals surface area contributed by atoms with Gasteiger partial charge in [0.15, 0.2) is 9.84 Å². The van der Waals surface area contributed by atoms with Crippen molar-refractivity contribution in [3.8, 4) is 5.75 Å². The van der Waals surface area contributed by atoms with Gasteiger partial charge in [-0.15, -0.1) is 5.10 Å². The third kappa shape index (κ3) is 5.42. The highest BCUT2D eigenvalue weighted by Crippen LogP contribution is 2.20. The molecule has 154 valence electrons. The highest BCUT2D eigenvalue weighted by atomic mass is 32.2. The average molecular weight is 426 g/mol. The molecule has 0 radical (unpaired) electrons. The lowest BCUT2D eigenvalue weighted by atomic mass is 10.1. The molecule has 1 atom stereocenters. The van der Waals surface area contributed by atoms with E-state index in [0.717, 1.165) is 17.9 Å². The molecule has 1 aliphatic heterocycles. The molecule has 7 nitrogen and oxygen atoms in total. The molecule has 9 heteroatoms. The van der Waals surface area contributed by atoms with E-state index in [2.05, 4.69) is 23.8 Å². The zero-order valence-electron chi connectivity index (χ0n) is 16.5. The lowest BCUT2D eigenvalue weighted by Gasteiger charge is -2.29. The van der Waals surface area contributed by atoms with Crippen molar-refractivity contribution >= 4 is 22.1 Å². The Bertz CT molecular complexity index is 948. The van der Waals surface area contributed by atoms with Gasteiger partial charge < -0.3 is 9.15 Å². The summed E-state index contributed by atoms with van der Waals surface area (Å²) in [7, 11) is -1.32. The van der Waals surface area contributed by atoms with Crippen LogP contribution in [-0.2, 0) is 22.9 Å². The van der Waals surface area contributed by atoms with Gasteiger partial charge in [-0.2, -0.15) is 0 Å². The first-order valence-corrected chi connectivity index (χ1v) is 11.6. The Morgan fingerprint density at radius 1 is 1.36 bits per heavy atom. The van der Waals surface area contributed by atoms with Gasteiger partial charge in [0.2, 0.25) is 5.89 Å². The maximum absolute atomic E-state index is 11.9. The quantitative estimate of drug-likeness (QED) is 0.602. The lowest BCUT2D eigenvalue weighted by molar-refractivity contribution is 0.136. The highest BCUT2D eigenvalue weighted by Gasteiger charge is 2.33. The summed E-state index contributed by atoms with van der Waals surface area (Å²) in [5.74, 6) is 2.19. The Balaban J connectivity index is 1.73. The van der Waals surface area contributed by atoms with Gasteiger partial charge in [-0.05, 0) is 42.3 Å². The summed E-state index contributed by atoms with van der Waals surface area (Å²) in [6.45, 7) is 5.45. The fraction of sp³-hybridized carbons (Fsp3) is 0.579.